The molecular formula is C34H63BrN2O10. The second kappa shape index (κ2) is 19.8. The topological polar surface area (TPSA) is 125 Å². The second-order valence-electron chi connectivity index (χ2n) is 14.8. The van der Waals surface area contributed by atoms with Crippen LogP contribution in [0.25, 0.3) is 0 Å². The molecular weight excluding hydrogens is 676 g/mol. The van der Waals surface area contributed by atoms with Crippen LogP contribution in [0.5, 0.6) is 0 Å². The van der Waals surface area contributed by atoms with Crippen LogP contribution in [0.1, 0.15) is 107 Å². The van der Waals surface area contributed by atoms with Crippen molar-refractivity contribution in [3.8, 4) is 0 Å². The van der Waals surface area contributed by atoms with E-state index in [9.17, 15) is 14.7 Å². The van der Waals surface area contributed by atoms with Crippen molar-refractivity contribution in [2.75, 3.05) is 64.5 Å². The van der Waals surface area contributed by atoms with Gasteiger partial charge in [-0.15, -0.1) is 0 Å². The van der Waals surface area contributed by atoms with Crippen molar-refractivity contribution in [3.05, 3.63) is 0 Å². The van der Waals surface area contributed by atoms with E-state index < -0.39 is 17.0 Å². The first-order valence-corrected chi connectivity index (χ1v) is 18.4. The molecule has 4 aliphatic rings. The predicted octanol–water partition coefficient (Wildman–Crippen LogP) is 6.25. The van der Waals surface area contributed by atoms with E-state index in [0.717, 1.165) is 50.6 Å². The Hall–Kier alpha value is -1.22. The lowest BCUT2D eigenvalue weighted by Crippen LogP contribution is -2.36. The number of ether oxygens (including phenoxy) is 7. The maximum Gasteiger partial charge on any atom is 0.410 e. The third-order valence-corrected chi connectivity index (χ3v) is 8.36. The Kier molecular flexibility index (Phi) is 17.7. The molecule has 2 amide bonds. The van der Waals surface area contributed by atoms with Gasteiger partial charge in [-0.2, -0.15) is 0 Å². The van der Waals surface area contributed by atoms with Crippen LogP contribution < -0.4 is 0 Å². The molecule has 4 saturated heterocycles. The van der Waals surface area contributed by atoms with Gasteiger partial charge in [-0.05, 0) is 93.9 Å². The van der Waals surface area contributed by atoms with E-state index in [0.29, 0.717) is 52.4 Å². The number of alkyl halides is 1. The van der Waals surface area contributed by atoms with E-state index in [2.05, 4.69) is 15.9 Å². The van der Waals surface area contributed by atoms with Crippen LogP contribution in [0.3, 0.4) is 0 Å². The molecule has 47 heavy (non-hydrogen) atoms. The number of aliphatic hydroxyl groups excluding tert-OH is 1. The minimum atomic E-state index is -0.454. The monoisotopic (exact) mass is 738 g/mol. The molecule has 0 aromatic rings. The van der Waals surface area contributed by atoms with Gasteiger partial charge in [0.1, 0.15) is 11.2 Å². The van der Waals surface area contributed by atoms with Crippen LogP contribution in [0.2, 0.25) is 0 Å². The Morgan fingerprint density at radius 1 is 0.745 bits per heavy atom. The molecule has 0 saturated carbocycles. The number of halogens is 1. The Morgan fingerprint density at radius 2 is 1.19 bits per heavy atom. The standard InChI is InChI=1S/C17H31NO5.C9H17NO3.C8H15BrO2/c1-16(2,3)23-15(19)18-9-7-14(13-18)20-10-6-5-8-17(4)21-11-12-22-17;1-9(2,3)13-8(12)10-5-4-7(11)6-10;1-8(4-2-3-5-9)10-6-7-11-8/h14H,5-13H2,1-4H3;7,11H,4-6H2,1-3H3;2-7H2,1H3/t14-;7-;/m11./s1. The van der Waals surface area contributed by atoms with Gasteiger partial charge in [-0.3, -0.25) is 0 Å². The average molecular weight is 740 g/mol. The molecule has 0 aliphatic carbocycles. The van der Waals surface area contributed by atoms with Crippen LogP contribution in [0.4, 0.5) is 9.59 Å². The predicted molar refractivity (Wildman–Crippen MR) is 183 cm³/mol. The van der Waals surface area contributed by atoms with E-state index in [1.165, 1.54) is 17.7 Å². The zero-order valence-corrected chi connectivity index (χ0v) is 31.9. The molecule has 0 bridgehead atoms. The van der Waals surface area contributed by atoms with E-state index in [4.69, 9.17) is 33.2 Å². The molecule has 2 atom stereocenters. The second-order valence-corrected chi connectivity index (χ2v) is 15.6. The molecule has 1 N–H and O–H groups in total. The van der Waals surface area contributed by atoms with Crippen LogP contribution >= 0.6 is 15.9 Å². The van der Waals surface area contributed by atoms with Crippen molar-refractivity contribution in [2.24, 2.45) is 0 Å². The number of likely N-dealkylation sites (tertiary alicyclic amines) is 2. The molecule has 12 nitrogen and oxygen atoms in total. The Balaban J connectivity index is 0.000000270. The summed E-state index contributed by atoms with van der Waals surface area (Å²) in [4.78, 5) is 26.7. The molecule has 0 spiro atoms. The highest BCUT2D eigenvalue weighted by molar-refractivity contribution is 9.09. The average Bonchev–Trinajstić information content (AvgIpc) is 3.77. The van der Waals surface area contributed by atoms with Crippen molar-refractivity contribution in [1.29, 1.82) is 0 Å². The summed E-state index contributed by atoms with van der Waals surface area (Å²) in [5.74, 6) is -0.678. The Labute approximate surface area is 291 Å². The quantitative estimate of drug-likeness (QED) is 0.203. The molecule has 0 aromatic heterocycles. The van der Waals surface area contributed by atoms with Crippen molar-refractivity contribution in [1.82, 2.24) is 9.80 Å². The smallest absolute Gasteiger partial charge is 0.410 e. The molecule has 0 radical (unpaired) electrons. The van der Waals surface area contributed by atoms with Crippen molar-refractivity contribution in [2.45, 2.75) is 142 Å². The molecule has 276 valence electrons. The largest absolute Gasteiger partial charge is 0.444 e. The first-order chi connectivity index (χ1) is 21.9. The number of hydrogen-bond acceptors (Lipinski definition) is 10. The summed E-state index contributed by atoms with van der Waals surface area (Å²) in [5, 5.41) is 10.3. The number of aliphatic hydroxyl groups is 1. The minimum Gasteiger partial charge on any atom is -0.444 e. The van der Waals surface area contributed by atoms with Gasteiger partial charge in [-0.25, -0.2) is 9.59 Å². The fraction of sp³-hybridized carbons (Fsp3) is 0.941. The third-order valence-electron chi connectivity index (χ3n) is 7.80. The fourth-order valence-corrected chi connectivity index (χ4v) is 5.73. The lowest BCUT2D eigenvalue weighted by atomic mass is 10.1. The number of rotatable bonds is 10. The Bertz CT molecular complexity index is 914. The maximum atomic E-state index is 12.0. The van der Waals surface area contributed by atoms with Crippen LogP contribution in [-0.2, 0) is 33.2 Å². The van der Waals surface area contributed by atoms with E-state index in [1.807, 2.05) is 55.4 Å². The molecule has 13 heteroatoms. The molecule has 4 rings (SSSR count). The highest BCUT2D eigenvalue weighted by Crippen LogP contribution is 2.26. The SMILES string of the molecule is CC(C)(C)OC(=O)N1CC[C@@H](O)C1.CC(C)(C)OC(=O)N1CC[C@@H](OCCCCC2(C)OCCO2)C1.CC1(CCCCBr)OCCO1. The minimum absolute atomic E-state index is 0.122. The highest BCUT2D eigenvalue weighted by atomic mass is 79.9. The maximum absolute atomic E-state index is 12.0. The summed E-state index contributed by atoms with van der Waals surface area (Å²) in [6.07, 6.45) is 6.96. The van der Waals surface area contributed by atoms with Gasteiger partial charge >= 0.3 is 12.2 Å². The van der Waals surface area contributed by atoms with Crippen molar-refractivity contribution < 1.29 is 47.9 Å². The summed E-state index contributed by atoms with van der Waals surface area (Å²) in [6.45, 7) is 21.1. The van der Waals surface area contributed by atoms with Crippen LogP contribution in [-0.4, -0.2) is 127 Å². The molecule has 0 aromatic carbocycles. The van der Waals surface area contributed by atoms with Gasteiger partial charge in [0.05, 0.1) is 45.2 Å². The first kappa shape index (κ1) is 41.9. The van der Waals surface area contributed by atoms with Gasteiger partial charge in [0, 0.05) is 44.4 Å². The lowest BCUT2D eigenvalue weighted by molar-refractivity contribution is -0.148. The number of unbranched alkanes of at least 4 members (excludes halogenated alkanes) is 2. The number of carbonyl (C=O) groups is 2. The van der Waals surface area contributed by atoms with Crippen molar-refractivity contribution in [3.63, 3.8) is 0 Å². The number of amides is 2. The van der Waals surface area contributed by atoms with Gasteiger partial charge in [0.2, 0.25) is 0 Å². The van der Waals surface area contributed by atoms with Crippen LogP contribution in [0, 0.1) is 0 Å². The summed E-state index contributed by atoms with van der Waals surface area (Å²) in [7, 11) is 0. The third kappa shape index (κ3) is 17.8. The molecule has 4 fully saturated rings. The molecule has 4 heterocycles. The fourth-order valence-electron chi connectivity index (χ4n) is 5.33. The van der Waals surface area contributed by atoms with Crippen LogP contribution in [0.15, 0.2) is 0 Å². The zero-order chi connectivity index (χ0) is 35.1. The number of carbonyl (C=O) groups excluding carboxylic acids is 2. The van der Waals surface area contributed by atoms with E-state index in [1.54, 1.807) is 4.90 Å². The molecule has 0 unspecified atom stereocenters. The number of hydrogen-bond donors (Lipinski definition) is 1. The first-order valence-electron chi connectivity index (χ1n) is 17.3. The van der Waals surface area contributed by atoms with Gasteiger partial charge in [0.15, 0.2) is 11.6 Å². The summed E-state index contributed by atoms with van der Waals surface area (Å²) >= 11 is 3.39. The van der Waals surface area contributed by atoms with Crippen molar-refractivity contribution >= 4 is 28.1 Å². The van der Waals surface area contributed by atoms with Gasteiger partial charge in [-0.1, -0.05) is 15.9 Å². The highest BCUT2D eigenvalue weighted by Gasteiger charge is 2.32. The van der Waals surface area contributed by atoms with E-state index in [-0.39, 0.29) is 30.2 Å². The number of nitrogens with zero attached hydrogens (tertiary/aromatic N) is 2. The summed E-state index contributed by atoms with van der Waals surface area (Å²) in [6, 6.07) is 0. The Morgan fingerprint density at radius 3 is 1.62 bits per heavy atom. The summed E-state index contributed by atoms with van der Waals surface area (Å²) < 4.78 is 38.5. The lowest BCUT2D eigenvalue weighted by Gasteiger charge is -2.24. The zero-order valence-electron chi connectivity index (χ0n) is 30.3. The van der Waals surface area contributed by atoms with Gasteiger partial charge in [0.25, 0.3) is 0 Å². The summed E-state index contributed by atoms with van der Waals surface area (Å²) in [5.41, 5.74) is -0.902. The number of β-amino-alcohol motifs (C(OH)–C–C–N with tert-alkyl or cyclic N) is 1. The normalized spacial score (nSPS) is 23.5. The molecule has 4 aliphatic heterocycles. The van der Waals surface area contributed by atoms with Gasteiger partial charge < -0.3 is 48.1 Å². The van der Waals surface area contributed by atoms with E-state index >= 15 is 0 Å².